The summed E-state index contributed by atoms with van der Waals surface area (Å²) in [5.74, 6) is -2.25. The van der Waals surface area contributed by atoms with Crippen molar-refractivity contribution in [3.8, 4) is 0 Å². The van der Waals surface area contributed by atoms with Gasteiger partial charge in [-0.15, -0.1) is 0 Å². The zero-order chi connectivity index (χ0) is 19.5. The van der Waals surface area contributed by atoms with Gasteiger partial charge in [-0.3, -0.25) is 9.36 Å². The lowest BCUT2D eigenvalue weighted by Gasteiger charge is -2.15. The lowest BCUT2D eigenvalue weighted by molar-refractivity contribution is -0.173. The molecular weight excluding hydrogens is 361 g/mol. The van der Waals surface area contributed by atoms with Crippen molar-refractivity contribution >= 4 is 17.8 Å². The molecule has 3 atom stereocenters. The number of nitrogens with one attached hydrogen (secondary N) is 1. The summed E-state index contributed by atoms with van der Waals surface area (Å²) in [4.78, 5) is 26.2. The van der Waals surface area contributed by atoms with E-state index in [-0.39, 0.29) is 17.8 Å². The summed E-state index contributed by atoms with van der Waals surface area (Å²) in [6.07, 6.45) is -3.88. The molecule has 0 radical (unpaired) electrons. The minimum atomic E-state index is -4.98. The Labute approximate surface area is 144 Å². The van der Waals surface area contributed by atoms with Gasteiger partial charge in [-0.1, -0.05) is 12.2 Å². The second-order valence-corrected chi connectivity index (χ2v) is 5.50. The molecule has 1 aromatic rings. The first kappa shape index (κ1) is 19.9. The first-order chi connectivity index (χ1) is 12.1. The number of nitrogens with two attached hydrogens (primary N) is 1. The summed E-state index contributed by atoms with van der Waals surface area (Å²) in [6.45, 7) is -0.845. The van der Waals surface area contributed by atoms with Gasteiger partial charge in [0.25, 0.3) is 0 Å². The Morgan fingerprint density at radius 1 is 1.54 bits per heavy atom. The minimum absolute atomic E-state index is 0.0432. The largest absolute Gasteiger partial charge is 0.471 e. The predicted molar refractivity (Wildman–Crippen MR) is 82.6 cm³/mol. The Balaban J connectivity index is 2.12. The average molecular weight is 378 g/mol. The third-order valence-electron chi connectivity index (χ3n) is 3.64. The van der Waals surface area contributed by atoms with Crippen molar-refractivity contribution < 1.29 is 32.9 Å². The first-order valence-corrected chi connectivity index (χ1v) is 7.48. The Bertz CT molecular complexity index is 749. The van der Waals surface area contributed by atoms with Gasteiger partial charge in [-0.05, 0) is 0 Å². The molecule has 0 saturated carbocycles. The molecule has 5 N–H and O–H groups in total. The number of hydrogen-bond donors (Lipinski definition) is 4. The van der Waals surface area contributed by atoms with Crippen LogP contribution >= 0.6 is 0 Å². The van der Waals surface area contributed by atoms with E-state index in [4.69, 9.17) is 15.6 Å². The van der Waals surface area contributed by atoms with Crippen molar-refractivity contribution in [2.24, 2.45) is 0 Å². The summed E-state index contributed by atoms with van der Waals surface area (Å²) in [5.41, 5.74) is 5.06. The topological polar surface area (TPSA) is 140 Å². The number of aliphatic hydroxyl groups excluding tert-OH is 2. The number of halogens is 3. The van der Waals surface area contributed by atoms with Gasteiger partial charge in [0.2, 0.25) is 0 Å². The smallest absolute Gasteiger partial charge is 0.394 e. The number of amides is 1. The fraction of sp³-hybridized carbons (Fsp3) is 0.500. The van der Waals surface area contributed by atoms with E-state index in [1.165, 1.54) is 18.3 Å². The molecule has 0 spiro atoms. The number of aliphatic hydroxyl groups is 2. The zero-order valence-corrected chi connectivity index (χ0v) is 13.3. The molecule has 9 nitrogen and oxygen atoms in total. The third-order valence-corrected chi connectivity index (χ3v) is 3.64. The molecule has 2 heterocycles. The van der Waals surface area contributed by atoms with E-state index in [2.05, 4.69) is 4.98 Å². The van der Waals surface area contributed by atoms with Gasteiger partial charge in [0, 0.05) is 24.7 Å². The van der Waals surface area contributed by atoms with E-state index >= 15 is 0 Å². The number of anilines is 1. The number of alkyl halides is 3. The van der Waals surface area contributed by atoms with Crippen LogP contribution in [-0.2, 0) is 9.53 Å². The molecule has 0 aliphatic carbocycles. The third kappa shape index (κ3) is 4.59. The number of carbonyl (C=O) groups is 1. The average Bonchev–Trinajstić information content (AvgIpc) is 2.92. The fourth-order valence-corrected chi connectivity index (χ4v) is 2.32. The maximum atomic E-state index is 12.1. The summed E-state index contributed by atoms with van der Waals surface area (Å²) in [6, 6.07) is 0. The lowest BCUT2D eigenvalue weighted by Crippen LogP contribution is -2.36. The lowest BCUT2D eigenvalue weighted by atomic mass is 10.2. The van der Waals surface area contributed by atoms with Crippen LogP contribution < -0.4 is 16.7 Å². The predicted octanol–water partition coefficient (Wildman–Crippen LogP) is -0.842. The van der Waals surface area contributed by atoms with E-state index in [0.29, 0.717) is 0 Å². The molecule has 1 unspecified atom stereocenters. The first-order valence-electron chi connectivity index (χ1n) is 7.48. The Morgan fingerprint density at radius 3 is 2.81 bits per heavy atom. The molecule has 1 aromatic heterocycles. The van der Waals surface area contributed by atoms with Crippen LogP contribution in [0, 0.1) is 0 Å². The summed E-state index contributed by atoms with van der Waals surface area (Å²) in [7, 11) is 0. The minimum Gasteiger partial charge on any atom is -0.394 e. The number of hydrogen-bond acceptors (Lipinski definition) is 7. The van der Waals surface area contributed by atoms with Crippen LogP contribution in [0.5, 0.6) is 0 Å². The van der Waals surface area contributed by atoms with Crippen LogP contribution in [-0.4, -0.2) is 57.2 Å². The van der Waals surface area contributed by atoms with E-state index < -0.39 is 49.4 Å². The van der Waals surface area contributed by atoms with Crippen molar-refractivity contribution in [2.75, 3.05) is 18.9 Å². The second-order valence-electron chi connectivity index (χ2n) is 5.50. The number of rotatable bonds is 5. The molecule has 12 heteroatoms. The Kier molecular flexibility index (Phi) is 6.00. The number of nitrogens with zero attached hydrogens (tertiary/aromatic N) is 2. The molecule has 1 saturated heterocycles. The molecule has 26 heavy (non-hydrogen) atoms. The van der Waals surface area contributed by atoms with Crippen LogP contribution in [0.2, 0.25) is 0 Å². The van der Waals surface area contributed by atoms with Crippen molar-refractivity contribution in [3.05, 3.63) is 28.3 Å². The van der Waals surface area contributed by atoms with Gasteiger partial charge < -0.3 is 26.0 Å². The summed E-state index contributed by atoms with van der Waals surface area (Å²) < 4.78 is 42.6. The monoisotopic (exact) mass is 378 g/mol. The molecule has 1 fully saturated rings. The van der Waals surface area contributed by atoms with Crippen LogP contribution in [0.25, 0.3) is 6.08 Å². The summed E-state index contributed by atoms with van der Waals surface area (Å²) in [5, 5.41) is 20.5. The van der Waals surface area contributed by atoms with Gasteiger partial charge >= 0.3 is 17.8 Å². The number of nitrogen functional groups attached to an aromatic ring is 1. The standard InChI is InChI=1S/C14H17F3N4O5/c15-14(16,17)12(24)19-3-1-2-7-5-21(13(25)20-11(7)18)10-4-8(23)9(6-22)26-10/h1-2,5,8-10,22-23H,3-4,6H2,(H,19,24)(H2,18,20,25)/b2-1+/t8?,9-,10-/m1/s1. The molecular formula is C14H17F3N4O5. The second kappa shape index (κ2) is 7.85. The maximum absolute atomic E-state index is 12.1. The van der Waals surface area contributed by atoms with Crippen LogP contribution in [0.1, 0.15) is 18.2 Å². The molecule has 0 aromatic carbocycles. The number of aromatic nitrogens is 2. The van der Waals surface area contributed by atoms with Gasteiger partial charge in [-0.25, -0.2) is 4.79 Å². The Morgan fingerprint density at radius 2 is 2.23 bits per heavy atom. The highest BCUT2D eigenvalue weighted by Gasteiger charge is 2.38. The van der Waals surface area contributed by atoms with Crippen molar-refractivity contribution in [3.63, 3.8) is 0 Å². The quantitative estimate of drug-likeness (QED) is 0.524. The Hall–Kier alpha value is -2.44. The zero-order valence-electron chi connectivity index (χ0n) is 13.3. The highest BCUT2D eigenvalue weighted by atomic mass is 19.4. The van der Waals surface area contributed by atoms with E-state index in [9.17, 15) is 27.9 Å². The van der Waals surface area contributed by atoms with Gasteiger partial charge in [0.1, 0.15) is 18.1 Å². The van der Waals surface area contributed by atoms with Crippen molar-refractivity contribution in [1.29, 1.82) is 0 Å². The number of carbonyl (C=O) groups excluding carboxylic acids is 1. The molecule has 2 rings (SSSR count). The van der Waals surface area contributed by atoms with Crippen LogP contribution in [0.15, 0.2) is 17.1 Å². The van der Waals surface area contributed by atoms with E-state index in [1.807, 2.05) is 0 Å². The van der Waals surface area contributed by atoms with Crippen molar-refractivity contribution in [1.82, 2.24) is 14.9 Å². The van der Waals surface area contributed by atoms with Gasteiger partial charge in [-0.2, -0.15) is 18.2 Å². The van der Waals surface area contributed by atoms with E-state index in [0.717, 1.165) is 4.57 Å². The van der Waals surface area contributed by atoms with Crippen LogP contribution in [0.3, 0.4) is 0 Å². The van der Waals surface area contributed by atoms with Crippen molar-refractivity contribution in [2.45, 2.75) is 31.0 Å². The van der Waals surface area contributed by atoms with E-state index in [1.54, 1.807) is 5.32 Å². The number of ether oxygens (including phenoxy) is 1. The van der Waals surface area contributed by atoms with Gasteiger partial charge in [0.15, 0.2) is 0 Å². The fourth-order valence-electron chi connectivity index (χ4n) is 2.32. The molecule has 1 amide bonds. The summed E-state index contributed by atoms with van der Waals surface area (Å²) >= 11 is 0. The molecule has 1 aliphatic heterocycles. The molecule has 144 valence electrons. The maximum Gasteiger partial charge on any atom is 0.471 e. The highest BCUT2D eigenvalue weighted by Crippen LogP contribution is 2.27. The normalized spacial score (nSPS) is 23.5. The molecule has 1 aliphatic rings. The van der Waals surface area contributed by atoms with Gasteiger partial charge in [0.05, 0.1) is 12.7 Å². The van der Waals surface area contributed by atoms with Crippen LogP contribution in [0.4, 0.5) is 19.0 Å². The molecule has 0 bridgehead atoms. The highest BCUT2D eigenvalue weighted by molar-refractivity contribution is 5.81. The SMILES string of the molecule is Nc1nc(=O)n([C@H]2CC(O)[C@@H](CO)O2)cc1/C=C/CNC(=O)C(F)(F)F.